The Morgan fingerprint density at radius 1 is 0.854 bits per heavy atom. The number of benzene rings is 3. The number of hydrogen-bond donors (Lipinski definition) is 3. The molecule has 0 spiro atoms. The first-order chi connectivity index (χ1) is 19.9. The first-order valence-corrected chi connectivity index (χ1v) is 14.1. The lowest BCUT2D eigenvalue weighted by Crippen LogP contribution is -2.43. The van der Waals surface area contributed by atoms with Crippen LogP contribution in [0.5, 0.6) is 5.75 Å². The van der Waals surface area contributed by atoms with Gasteiger partial charge in [0, 0.05) is 17.9 Å². The quantitative estimate of drug-likeness (QED) is 0.338. The summed E-state index contributed by atoms with van der Waals surface area (Å²) in [5.74, 6) is 0.137. The second-order valence-corrected chi connectivity index (χ2v) is 10.6. The zero-order chi connectivity index (χ0) is 28.8. The molecule has 0 bridgehead atoms. The number of hydrogen-bond acceptors (Lipinski definition) is 5. The fraction of sp³-hybridized carbons (Fsp3) is 0.303. The van der Waals surface area contributed by atoms with E-state index < -0.39 is 6.04 Å². The Labute approximate surface area is 240 Å². The van der Waals surface area contributed by atoms with E-state index in [1.807, 2.05) is 79.7 Å². The summed E-state index contributed by atoms with van der Waals surface area (Å²) in [6, 6.07) is 20.2. The summed E-state index contributed by atoms with van der Waals surface area (Å²) in [6.07, 6.45) is 7.28. The maximum absolute atomic E-state index is 13.3. The van der Waals surface area contributed by atoms with E-state index in [-0.39, 0.29) is 23.8 Å². The van der Waals surface area contributed by atoms with Crippen molar-refractivity contribution in [3.8, 4) is 5.75 Å². The maximum atomic E-state index is 13.3. The second-order valence-electron chi connectivity index (χ2n) is 10.6. The van der Waals surface area contributed by atoms with Gasteiger partial charge in [-0.1, -0.05) is 48.0 Å². The van der Waals surface area contributed by atoms with Crippen LogP contribution in [0.1, 0.15) is 52.7 Å². The largest absolute Gasteiger partial charge is 0.496 e. The highest BCUT2D eigenvalue weighted by Gasteiger charge is 2.35. The molecule has 3 amide bonds. The third-order valence-electron chi connectivity index (χ3n) is 7.60. The number of nitrogens with one attached hydrogen (secondary N) is 3. The van der Waals surface area contributed by atoms with E-state index in [2.05, 4.69) is 16.0 Å². The van der Waals surface area contributed by atoms with Crippen LogP contribution in [0, 0.1) is 6.92 Å². The Bertz CT molecular complexity index is 1430. The molecule has 0 radical (unpaired) electrons. The van der Waals surface area contributed by atoms with E-state index >= 15 is 0 Å². The van der Waals surface area contributed by atoms with Gasteiger partial charge in [0.25, 0.3) is 5.91 Å². The van der Waals surface area contributed by atoms with Crippen LogP contribution in [0.15, 0.2) is 66.7 Å². The van der Waals surface area contributed by atoms with Crippen molar-refractivity contribution in [3.05, 3.63) is 89.0 Å². The number of aryl methyl sites for hydroxylation is 1. The van der Waals surface area contributed by atoms with Crippen LogP contribution in [0.3, 0.4) is 0 Å². The standard InChI is InChI=1S/C33H36N4O4/c1-22-7-18-30(41-2)27(21-22)33(40)37-20-4-6-29(37)32(39)36-26-16-12-24(13-17-26)9-8-23-10-14-25(15-11-23)35-31(38)28-5-3-19-34-28/h7-18,21,28-29,34H,3-6,19-20H2,1-2H3,(H,35,38)(H,36,39)/b9-8+/t28-,29-/m0/s1. The number of anilines is 2. The topological polar surface area (TPSA) is 99.8 Å². The first-order valence-electron chi connectivity index (χ1n) is 14.1. The average Bonchev–Trinajstić information content (AvgIpc) is 3.70. The zero-order valence-electron chi connectivity index (χ0n) is 23.5. The van der Waals surface area contributed by atoms with E-state index in [1.54, 1.807) is 18.1 Å². The van der Waals surface area contributed by atoms with Gasteiger partial charge in [0.1, 0.15) is 11.8 Å². The molecule has 212 valence electrons. The van der Waals surface area contributed by atoms with Gasteiger partial charge in [-0.3, -0.25) is 14.4 Å². The van der Waals surface area contributed by atoms with Gasteiger partial charge in [-0.25, -0.2) is 0 Å². The number of rotatable bonds is 8. The molecule has 0 unspecified atom stereocenters. The Kier molecular flexibility index (Phi) is 8.79. The number of carbonyl (C=O) groups is 3. The molecule has 2 aliphatic heterocycles. The van der Waals surface area contributed by atoms with Gasteiger partial charge in [0.2, 0.25) is 11.8 Å². The Morgan fingerprint density at radius 2 is 1.49 bits per heavy atom. The lowest BCUT2D eigenvalue weighted by atomic mass is 10.1. The minimum absolute atomic E-state index is 0.0109. The fourth-order valence-corrected chi connectivity index (χ4v) is 5.34. The van der Waals surface area contributed by atoms with Gasteiger partial charge in [-0.15, -0.1) is 0 Å². The Hall–Kier alpha value is -4.43. The molecule has 41 heavy (non-hydrogen) atoms. The van der Waals surface area contributed by atoms with E-state index in [0.29, 0.717) is 30.0 Å². The van der Waals surface area contributed by atoms with Gasteiger partial charge < -0.3 is 25.6 Å². The van der Waals surface area contributed by atoms with Crippen LogP contribution >= 0.6 is 0 Å². The SMILES string of the molecule is COc1ccc(C)cc1C(=O)N1CCC[C@H]1C(=O)Nc1ccc(/C=C/c2ccc(NC(=O)[C@@H]3CCCN3)cc2)cc1. The number of likely N-dealkylation sites (tertiary alicyclic amines) is 1. The molecule has 5 rings (SSSR count). The lowest BCUT2D eigenvalue weighted by Gasteiger charge is -2.25. The summed E-state index contributed by atoms with van der Waals surface area (Å²) in [5.41, 5.74) is 4.89. The number of amides is 3. The highest BCUT2D eigenvalue weighted by Crippen LogP contribution is 2.27. The molecule has 8 nitrogen and oxygen atoms in total. The molecule has 0 aliphatic carbocycles. The molecular formula is C33H36N4O4. The van der Waals surface area contributed by atoms with Crippen molar-refractivity contribution in [2.75, 3.05) is 30.8 Å². The van der Waals surface area contributed by atoms with Crippen molar-refractivity contribution in [2.45, 2.75) is 44.7 Å². The van der Waals surface area contributed by atoms with E-state index in [9.17, 15) is 14.4 Å². The number of nitrogens with zero attached hydrogens (tertiary/aromatic N) is 1. The van der Waals surface area contributed by atoms with Crippen molar-refractivity contribution in [1.29, 1.82) is 0 Å². The van der Waals surface area contributed by atoms with Gasteiger partial charge in [-0.2, -0.15) is 0 Å². The normalized spacial score (nSPS) is 18.4. The van der Waals surface area contributed by atoms with Gasteiger partial charge in [-0.05, 0) is 86.7 Å². The van der Waals surface area contributed by atoms with Crippen LogP contribution in [0.4, 0.5) is 11.4 Å². The monoisotopic (exact) mass is 552 g/mol. The van der Waals surface area contributed by atoms with Crippen LogP contribution < -0.4 is 20.7 Å². The van der Waals surface area contributed by atoms with Crippen LogP contribution in [0.25, 0.3) is 12.2 Å². The molecule has 3 aromatic rings. The second kappa shape index (κ2) is 12.8. The van der Waals surface area contributed by atoms with Crippen molar-refractivity contribution in [1.82, 2.24) is 10.2 Å². The minimum atomic E-state index is -0.533. The summed E-state index contributed by atoms with van der Waals surface area (Å²) in [4.78, 5) is 40.4. The molecule has 2 fully saturated rings. The number of carbonyl (C=O) groups excluding carboxylic acids is 3. The third-order valence-corrected chi connectivity index (χ3v) is 7.60. The lowest BCUT2D eigenvalue weighted by molar-refractivity contribution is -0.120. The summed E-state index contributed by atoms with van der Waals surface area (Å²) in [5, 5.41) is 9.15. The van der Waals surface area contributed by atoms with Crippen molar-refractivity contribution < 1.29 is 19.1 Å². The summed E-state index contributed by atoms with van der Waals surface area (Å²) in [6.45, 7) is 3.35. The van der Waals surface area contributed by atoms with Crippen molar-refractivity contribution in [2.24, 2.45) is 0 Å². The Morgan fingerprint density at radius 3 is 2.07 bits per heavy atom. The molecule has 2 heterocycles. The Balaban J connectivity index is 1.16. The fourth-order valence-electron chi connectivity index (χ4n) is 5.34. The van der Waals surface area contributed by atoms with E-state index in [1.165, 1.54) is 0 Å². The minimum Gasteiger partial charge on any atom is -0.496 e. The predicted octanol–water partition coefficient (Wildman–Crippen LogP) is 5.11. The molecule has 0 saturated carbocycles. The smallest absolute Gasteiger partial charge is 0.258 e. The highest BCUT2D eigenvalue weighted by molar-refractivity contribution is 6.03. The maximum Gasteiger partial charge on any atom is 0.258 e. The van der Waals surface area contributed by atoms with Gasteiger partial charge in [0.05, 0.1) is 18.7 Å². The molecule has 3 aromatic carbocycles. The molecule has 2 saturated heterocycles. The van der Waals surface area contributed by atoms with Crippen molar-refractivity contribution in [3.63, 3.8) is 0 Å². The van der Waals surface area contributed by atoms with E-state index in [0.717, 1.165) is 48.2 Å². The average molecular weight is 553 g/mol. The van der Waals surface area contributed by atoms with E-state index in [4.69, 9.17) is 4.74 Å². The van der Waals surface area contributed by atoms with Gasteiger partial charge >= 0.3 is 0 Å². The molecule has 2 aliphatic rings. The van der Waals surface area contributed by atoms with Crippen molar-refractivity contribution >= 4 is 41.2 Å². The summed E-state index contributed by atoms with van der Waals surface area (Å²) < 4.78 is 5.40. The molecule has 0 aromatic heterocycles. The number of methoxy groups -OCH3 is 1. The summed E-state index contributed by atoms with van der Waals surface area (Å²) in [7, 11) is 1.54. The first kappa shape index (κ1) is 28.1. The zero-order valence-corrected chi connectivity index (χ0v) is 23.5. The third kappa shape index (κ3) is 6.84. The number of ether oxygens (including phenoxy) is 1. The molecule has 8 heteroatoms. The van der Waals surface area contributed by atoms with Gasteiger partial charge in [0.15, 0.2) is 0 Å². The molecule has 3 N–H and O–H groups in total. The van der Waals surface area contributed by atoms with Crippen LogP contribution in [-0.4, -0.2) is 54.9 Å². The van der Waals surface area contributed by atoms with Crippen LogP contribution in [-0.2, 0) is 9.59 Å². The summed E-state index contributed by atoms with van der Waals surface area (Å²) >= 11 is 0. The molecule has 2 atom stereocenters. The predicted molar refractivity (Wildman–Crippen MR) is 162 cm³/mol. The highest BCUT2D eigenvalue weighted by atomic mass is 16.5. The molecular weight excluding hydrogens is 516 g/mol. The van der Waals surface area contributed by atoms with Crippen LogP contribution in [0.2, 0.25) is 0 Å².